The normalized spacial score (nSPS) is 21.6. The van der Waals surface area contributed by atoms with E-state index in [1.807, 2.05) is 12.1 Å². The molecule has 3 rings (SSSR count). The lowest BCUT2D eigenvalue weighted by atomic mass is 10.2. The van der Waals surface area contributed by atoms with Gasteiger partial charge in [0, 0.05) is 51.9 Å². The third kappa shape index (κ3) is 6.65. The highest BCUT2D eigenvalue weighted by atomic mass is 16.5. The van der Waals surface area contributed by atoms with Crippen molar-refractivity contribution in [3.63, 3.8) is 0 Å². The molecule has 0 aliphatic carbocycles. The second-order valence-electron chi connectivity index (χ2n) is 8.71. The van der Waals surface area contributed by atoms with Crippen molar-refractivity contribution in [3.8, 4) is 0 Å². The number of amides is 1. The number of hydrogen-bond donors (Lipinski definition) is 1. The molecule has 1 unspecified atom stereocenters. The van der Waals surface area contributed by atoms with Crippen molar-refractivity contribution < 1.29 is 9.53 Å². The Bertz CT molecular complexity index is 669. The maximum absolute atomic E-state index is 12.4. The Hall–Kier alpha value is -1.70. The SMILES string of the molecule is CCCCNC(=O)c1cccc(N2CCCN(CC3CN(C(C)C)CCO3)CC2)n1. The number of hydrogen-bond acceptors (Lipinski definition) is 6. The standard InChI is InChI=1S/C23H39N5O2/c1-4-5-10-24-23(29)21-8-6-9-22(25-21)27-12-7-11-26(13-14-27)17-20-18-28(19(2)3)15-16-30-20/h6,8-9,19-20H,4-5,7,10-18H2,1-3H3,(H,24,29). The van der Waals surface area contributed by atoms with Crippen LogP contribution in [0.15, 0.2) is 18.2 Å². The van der Waals surface area contributed by atoms with Gasteiger partial charge < -0.3 is 15.0 Å². The van der Waals surface area contributed by atoms with Crippen molar-refractivity contribution in [3.05, 3.63) is 23.9 Å². The highest BCUT2D eigenvalue weighted by Crippen LogP contribution is 2.16. The summed E-state index contributed by atoms with van der Waals surface area (Å²) in [5.74, 6) is 0.825. The van der Waals surface area contributed by atoms with Gasteiger partial charge in [0.25, 0.3) is 5.91 Å². The molecule has 7 heteroatoms. The monoisotopic (exact) mass is 417 g/mol. The molecule has 2 aliphatic heterocycles. The predicted octanol–water partition coefficient (Wildman–Crippen LogP) is 2.23. The van der Waals surface area contributed by atoms with Crippen molar-refractivity contribution in [2.75, 3.05) is 63.9 Å². The van der Waals surface area contributed by atoms with Crippen LogP contribution in [0.4, 0.5) is 5.82 Å². The minimum atomic E-state index is -0.0779. The summed E-state index contributed by atoms with van der Waals surface area (Å²) in [4.78, 5) is 24.4. The average Bonchev–Trinajstić information content (AvgIpc) is 3.00. The zero-order valence-corrected chi connectivity index (χ0v) is 19.0. The van der Waals surface area contributed by atoms with E-state index in [0.29, 0.717) is 24.4 Å². The topological polar surface area (TPSA) is 60.9 Å². The minimum absolute atomic E-state index is 0.0779. The van der Waals surface area contributed by atoms with Crippen LogP contribution in [0.2, 0.25) is 0 Å². The van der Waals surface area contributed by atoms with Gasteiger partial charge in [-0.2, -0.15) is 0 Å². The molecule has 3 heterocycles. The van der Waals surface area contributed by atoms with Gasteiger partial charge in [-0.05, 0) is 45.4 Å². The van der Waals surface area contributed by atoms with E-state index in [-0.39, 0.29) is 5.91 Å². The van der Waals surface area contributed by atoms with Gasteiger partial charge in [-0.1, -0.05) is 19.4 Å². The van der Waals surface area contributed by atoms with Gasteiger partial charge in [0.1, 0.15) is 11.5 Å². The van der Waals surface area contributed by atoms with Gasteiger partial charge in [-0.3, -0.25) is 14.6 Å². The number of aromatic nitrogens is 1. The lowest BCUT2D eigenvalue weighted by Gasteiger charge is -2.37. The molecule has 7 nitrogen and oxygen atoms in total. The Balaban J connectivity index is 1.52. The molecule has 2 aliphatic rings. The third-order valence-electron chi connectivity index (χ3n) is 6.06. The van der Waals surface area contributed by atoms with Gasteiger partial charge in [-0.15, -0.1) is 0 Å². The quantitative estimate of drug-likeness (QED) is 0.655. The highest BCUT2D eigenvalue weighted by Gasteiger charge is 2.25. The number of carbonyl (C=O) groups is 1. The number of pyridine rings is 1. The molecule has 0 spiro atoms. The Morgan fingerprint density at radius 2 is 2.10 bits per heavy atom. The van der Waals surface area contributed by atoms with E-state index in [1.54, 1.807) is 6.07 Å². The lowest BCUT2D eigenvalue weighted by Crippen LogP contribution is -2.50. The lowest BCUT2D eigenvalue weighted by molar-refractivity contribution is -0.0514. The predicted molar refractivity (Wildman–Crippen MR) is 121 cm³/mol. The Morgan fingerprint density at radius 1 is 1.23 bits per heavy atom. The molecule has 1 aromatic rings. The van der Waals surface area contributed by atoms with E-state index in [2.05, 4.69) is 45.8 Å². The van der Waals surface area contributed by atoms with E-state index in [1.165, 1.54) is 0 Å². The van der Waals surface area contributed by atoms with Crippen molar-refractivity contribution in [1.82, 2.24) is 20.1 Å². The molecule has 1 N–H and O–H groups in total. The van der Waals surface area contributed by atoms with Crippen molar-refractivity contribution >= 4 is 11.7 Å². The summed E-state index contributed by atoms with van der Waals surface area (Å²) in [6, 6.07) is 6.34. The fraction of sp³-hybridized carbons (Fsp3) is 0.739. The van der Waals surface area contributed by atoms with E-state index in [0.717, 1.165) is 77.5 Å². The Labute approximate surface area is 181 Å². The van der Waals surface area contributed by atoms with Gasteiger partial charge in [-0.25, -0.2) is 4.98 Å². The zero-order valence-electron chi connectivity index (χ0n) is 19.0. The number of morpholine rings is 1. The van der Waals surface area contributed by atoms with Crippen LogP contribution in [0.1, 0.15) is 50.5 Å². The van der Waals surface area contributed by atoms with Gasteiger partial charge in [0.2, 0.25) is 0 Å². The largest absolute Gasteiger partial charge is 0.374 e. The number of nitrogens with zero attached hydrogens (tertiary/aromatic N) is 4. The van der Waals surface area contributed by atoms with Crippen LogP contribution in [0.25, 0.3) is 0 Å². The number of anilines is 1. The second kappa shape index (κ2) is 11.6. The van der Waals surface area contributed by atoms with Gasteiger partial charge in [0.15, 0.2) is 0 Å². The van der Waals surface area contributed by atoms with Crippen LogP contribution >= 0.6 is 0 Å². The van der Waals surface area contributed by atoms with Crippen LogP contribution in [0, 0.1) is 0 Å². The summed E-state index contributed by atoms with van der Waals surface area (Å²) in [6.07, 6.45) is 3.45. The fourth-order valence-corrected chi connectivity index (χ4v) is 4.19. The third-order valence-corrected chi connectivity index (χ3v) is 6.06. The van der Waals surface area contributed by atoms with Crippen LogP contribution < -0.4 is 10.2 Å². The van der Waals surface area contributed by atoms with E-state index < -0.39 is 0 Å². The molecule has 1 amide bonds. The molecular formula is C23H39N5O2. The summed E-state index contributed by atoms with van der Waals surface area (Å²) < 4.78 is 6.04. The minimum Gasteiger partial charge on any atom is -0.374 e. The zero-order chi connectivity index (χ0) is 21.3. The number of unbranched alkanes of at least 4 members (excludes halogenated alkanes) is 1. The first-order chi connectivity index (χ1) is 14.6. The van der Waals surface area contributed by atoms with Crippen molar-refractivity contribution in [1.29, 1.82) is 0 Å². The molecule has 0 bridgehead atoms. The summed E-state index contributed by atoms with van der Waals surface area (Å²) >= 11 is 0. The first-order valence-corrected chi connectivity index (χ1v) is 11.6. The van der Waals surface area contributed by atoms with Crippen LogP contribution in [-0.2, 0) is 4.74 Å². The summed E-state index contributed by atoms with van der Waals surface area (Å²) in [6.45, 7) is 15.2. The summed E-state index contributed by atoms with van der Waals surface area (Å²) in [5, 5.41) is 2.96. The number of rotatable bonds is 8. The van der Waals surface area contributed by atoms with E-state index >= 15 is 0 Å². The number of ether oxygens (including phenoxy) is 1. The molecule has 0 aromatic carbocycles. The Morgan fingerprint density at radius 3 is 2.90 bits per heavy atom. The molecular weight excluding hydrogens is 378 g/mol. The second-order valence-corrected chi connectivity index (χ2v) is 8.71. The highest BCUT2D eigenvalue weighted by molar-refractivity contribution is 5.92. The molecule has 0 radical (unpaired) electrons. The van der Waals surface area contributed by atoms with Crippen LogP contribution in [0.5, 0.6) is 0 Å². The number of nitrogens with one attached hydrogen (secondary N) is 1. The Kier molecular flexibility index (Phi) is 8.90. The smallest absolute Gasteiger partial charge is 0.269 e. The van der Waals surface area contributed by atoms with Crippen LogP contribution in [-0.4, -0.2) is 91.8 Å². The average molecular weight is 418 g/mol. The molecule has 1 aromatic heterocycles. The van der Waals surface area contributed by atoms with Gasteiger partial charge >= 0.3 is 0 Å². The molecule has 2 saturated heterocycles. The molecule has 1 atom stereocenters. The first kappa shape index (κ1) is 23.0. The molecule has 2 fully saturated rings. The number of carbonyl (C=O) groups excluding carboxylic acids is 1. The summed E-state index contributed by atoms with van der Waals surface area (Å²) in [5.41, 5.74) is 0.508. The molecule has 0 saturated carbocycles. The molecule has 168 valence electrons. The van der Waals surface area contributed by atoms with E-state index in [9.17, 15) is 4.79 Å². The van der Waals surface area contributed by atoms with Crippen molar-refractivity contribution in [2.45, 2.75) is 52.2 Å². The maximum Gasteiger partial charge on any atom is 0.269 e. The molecule has 30 heavy (non-hydrogen) atoms. The first-order valence-electron chi connectivity index (χ1n) is 11.6. The van der Waals surface area contributed by atoms with Crippen LogP contribution in [0.3, 0.4) is 0 Å². The van der Waals surface area contributed by atoms with Crippen molar-refractivity contribution in [2.24, 2.45) is 0 Å². The summed E-state index contributed by atoms with van der Waals surface area (Å²) in [7, 11) is 0. The fourth-order valence-electron chi connectivity index (χ4n) is 4.19. The maximum atomic E-state index is 12.4. The van der Waals surface area contributed by atoms with E-state index in [4.69, 9.17) is 4.74 Å². The van der Waals surface area contributed by atoms with Gasteiger partial charge in [0.05, 0.1) is 12.7 Å².